The molecule has 0 saturated carbocycles. The number of nitrogen functional groups attached to an aromatic ring is 2. The Balaban J connectivity index is 2.81. The van der Waals surface area contributed by atoms with Gasteiger partial charge in [0.1, 0.15) is 5.69 Å². The monoisotopic (exact) mass is 165 g/mol. The van der Waals surface area contributed by atoms with Crippen LogP contribution in [0.15, 0.2) is 17.5 Å². The van der Waals surface area contributed by atoms with Gasteiger partial charge in [0.15, 0.2) is 0 Å². The van der Waals surface area contributed by atoms with Gasteiger partial charge < -0.3 is 11.5 Å². The Labute approximate surface area is 68.1 Å². The first kappa shape index (κ1) is 6.42. The predicted molar refractivity (Wildman–Crippen MR) is 47.6 cm³/mol. The summed E-state index contributed by atoms with van der Waals surface area (Å²) in [7, 11) is 0. The molecule has 3 nitrogen and oxygen atoms in total. The van der Waals surface area contributed by atoms with Crippen molar-refractivity contribution in [3.05, 3.63) is 17.5 Å². The first-order valence-electron chi connectivity index (χ1n) is 3.17. The minimum Gasteiger partial charge on any atom is -0.397 e. The van der Waals surface area contributed by atoms with Crippen LogP contribution in [0.25, 0.3) is 11.3 Å². The molecule has 0 aromatic carbocycles. The van der Waals surface area contributed by atoms with Crippen LogP contribution in [0.3, 0.4) is 0 Å². The Morgan fingerprint density at radius 2 is 2.18 bits per heavy atom. The van der Waals surface area contributed by atoms with Gasteiger partial charge >= 0.3 is 0 Å². The number of nitrogens with two attached hydrogens (primary N) is 2. The van der Waals surface area contributed by atoms with Crippen molar-refractivity contribution in [1.82, 2.24) is 4.37 Å². The van der Waals surface area contributed by atoms with Crippen molar-refractivity contribution in [2.75, 3.05) is 11.5 Å². The zero-order chi connectivity index (χ0) is 7.84. The van der Waals surface area contributed by atoms with Gasteiger partial charge in [0.2, 0.25) is 0 Å². The summed E-state index contributed by atoms with van der Waals surface area (Å²) in [5, 5.41) is 1.90. The smallest absolute Gasteiger partial charge is 0.108 e. The van der Waals surface area contributed by atoms with Crippen molar-refractivity contribution in [3.8, 4) is 11.3 Å². The number of hydrogen-bond donors (Lipinski definition) is 2. The van der Waals surface area contributed by atoms with Gasteiger partial charge in [-0.05, 0) is 23.7 Å². The molecule has 0 unspecified atom stereocenters. The second-order valence-corrected chi connectivity index (χ2v) is 2.98. The summed E-state index contributed by atoms with van der Waals surface area (Å²) in [4.78, 5) is 0. The fourth-order valence-electron chi connectivity index (χ4n) is 1.02. The fourth-order valence-corrected chi connectivity index (χ4v) is 1.60. The fraction of sp³-hybridized carbons (Fsp3) is 0. The number of rotatable bonds is 0. The molecule has 1 aliphatic carbocycles. The summed E-state index contributed by atoms with van der Waals surface area (Å²) >= 11 is 1.37. The lowest BCUT2D eigenvalue weighted by atomic mass is 10.3. The van der Waals surface area contributed by atoms with E-state index in [1.54, 1.807) is 0 Å². The lowest BCUT2D eigenvalue weighted by Crippen LogP contribution is -1.90. The van der Waals surface area contributed by atoms with Gasteiger partial charge in [0.25, 0.3) is 0 Å². The van der Waals surface area contributed by atoms with Crippen LogP contribution in [0.2, 0.25) is 0 Å². The number of nitrogens with zero attached hydrogens (tertiary/aromatic N) is 1. The molecule has 0 aromatic heterocycles. The molecule has 1 aliphatic heterocycles. The average molecular weight is 165 g/mol. The molecular weight excluding hydrogens is 158 g/mol. The molecular formula is C7H7N3S. The second kappa shape index (κ2) is 2.10. The molecule has 0 bridgehead atoms. The summed E-state index contributed by atoms with van der Waals surface area (Å²) in [6.45, 7) is 0. The summed E-state index contributed by atoms with van der Waals surface area (Å²) in [5.74, 6) is 0. The molecule has 0 aromatic rings. The van der Waals surface area contributed by atoms with E-state index in [9.17, 15) is 0 Å². The van der Waals surface area contributed by atoms with E-state index >= 15 is 0 Å². The van der Waals surface area contributed by atoms with E-state index in [1.165, 1.54) is 11.5 Å². The molecule has 1 heterocycles. The molecule has 4 heteroatoms. The van der Waals surface area contributed by atoms with E-state index in [-0.39, 0.29) is 0 Å². The number of fused-ring (bicyclic) bond motifs is 1. The molecule has 11 heavy (non-hydrogen) atoms. The third kappa shape index (κ3) is 0.832. The van der Waals surface area contributed by atoms with Crippen molar-refractivity contribution in [3.63, 3.8) is 0 Å². The van der Waals surface area contributed by atoms with Crippen LogP contribution in [0.4, 0.5) is 11.4 Å². The minimum atomic E-state index is 0.594. The summed E-state index contributed by atoms with van der Waals surface area (Å²) in [5.41, 5.74) is 14.3. The van der Waals surface area contributed by atoms with Crippen LogP contribution in [0.1, 0.15) is 0 Å². The van der Waals surface area contributed by atoms with Crippen LogP contribution in [0.5, 0.6) is 0 Å². The highest BCUT2D eigenvalue weighted by Crippen LogP contribution is 2.34. The number of aromatic nitrogens is 1. The third-order valence-corrected chi connectivity index (χ3v) is 2.15. The van der Waals surface area contributed by atoms with Crippen LogP contribution in [0, 0.1) is 0 Å². The van der Waals surface area contributed by atoms with E-state index in [0.717, 1.165) is 11.3 Å². The van der Waals surface area contributed by atoms with Crippen LogP contribution < -0.4 is 11.5 Å². The Morgan fingerprint density at radius 3 is 2.91 bits per heavy atom. The number of anilines is 2. The van der Waals surface area contributed by atoms with E-state index in [2.05, 4.69) is 4.37 Å². The molecule has 0 fully saturated rings. The topological polar surface area (TPSA) is 64.9 Å². The van der Waals surface area contributed by atoms with Crippen molar-refractivity contribution < 1.29 is 0 Å². The zero-order valence-corrected chi connectivity index (χ0v) is 6.56. The van der Waals surface area contributed by atoms with Gasteiger partial charge in [-0.3, -0.25) is 0 Å². The van der Waals surface area contributed by atoms with E-state index in [4.69, 9.17) is 11.5 Å². The van der Waals surface area contributed by atoms with Gasteiger partial charge in [0.05, 0.1) is 11.4 Å². The lowest BCUT2D eigenvalue weighted by Gasteiger charge is -1.94. The molecule has 56 valence electrons. The predicted octanol–water partition coefficient (Wildman–Crippen LogP) is 1.41. The summed E-state index contributed by atoms with van der Waals surface area (Å²) in [6, 6.07) is 3.80. The third-order valence-electron chi connectivity index (χ3n) is 1.60. The maximum absolute atomic E-state index is 5.66. The molecule has 4 N–H and O–H groups in total. The van der Waals surface area contributed by atoms with Gasteiger partial charge in [-0.15, -0.1) is 0 Å². The quantitative estimate of drug-likeness (QED) is 0.620. The van der Waals surface area contributed by atoms with Gasteiger partial charge in [0, 0.05) is 10.9 Å². The highest BCUT2D eigenvalue weighted by molar-refractivity contribution is 7.03. The maximum Gasteiger partial charge on any atom is 0.108 e. The van der Waals surface area contributed by atoms with Gasteiger partial charge in [-0.2, -0.15) is 4.37 Å². The largest absolute Gasteiger partial charge is 0.397 e. The van der Waals surface area contributed by atoms with Gasteiger partial charge in [-0.25, -0.2) is 0 Å². The normalized spacial score (nSPS) is 10.5. The minimum absolute atomic E-state index is 0.594. The molecule has 0 spiro atoms. The summed E-state index contributed by atoms with van der Waals surface area (Å²) < 4.78 is 4.14. The van der Waals surface area contributed by atoms with Crippen LogP contribution >= 0.6 is 11.5 Å². The Morgan fingerprint density at radius 1 is 1.36 bits per heavy atom. The highest BCUT2D eigenvalue weighted by Gasteiger charge is 2.11. The SMILES string of the molecule is Nc1cc2ccsnc-2c1N. The molecule has 0 amide bonds. The maximum atomic E-state index is 5.66. The standard InChI is InChI=1S/C7H7N3S/c8-5-3-4-1-2-11-10-7(4)6(5)9/h1-3H,8-9H2. The first-order valence-corrected chi connectivity index (χ1v) is 4.01. The van der Waals surface area contributed by atoms with E-state index in [1.807, 2.05) is 17.5 Å². The molecule has 0 radical (unpaired) electrons. The Kier molecular flexibility index (Phi) is 1.22. The van der Waals surface area contributed by atoms with E-state index in [0.29, 0.717) is 11.4 Å². The summed E-state index contributed by atoms with van der Waals surface area (Å²) in [6.07, 6.45) is 0. The Bertz CT molecular complexity index is 351. The first-order chi connectivity index (χ1) is 5.29. The average Bonchev–Trinajstić information content (AvgIpc) is 2.30. The molecule has 0 atom stereocenters. The van der Waals surface area contributed by atoms with Gasteiger partial charge in [-0.1, -0.05) is 0 Å². The van der Waals surface area contributed by atoms with Crippen molar-refractivity contribution in [2.24, 2.45) is 0 Å². The number of hydrogen-bond acceptors (Lipinski definition) is 4. The zero-order valence-electron chi connectivity index (χ0n) is 5.74. The lowest BCUT2D eigenvalue weighted by molar-refractivity contribution is 1.53. The van der Waals surface area contributed by atoms with E-state index < -0.39 is 0 Å². The van der Waals surface area contributed by atoms with Crippen molar-refractivity contribution in [1.29, 1.82) is 0 Å². The Hall–Kier alpha value is -1.29. The second-order valence-electron chi connectivity index (χ2n) is 2.32. The molecule has 0 saturated heterocycles. The van der Waals surface area contributed by atoms with Crippen LogP contribution in [-0.4, -0.2) is 4.37 Å². The van der Waals surface area contributed by atoms with Crippen molar-refractivity contribution in [2.45, 2.75) is 0 Å². The highest BCUT2D eigenvalue weighted by atomic mass is 32.1. The van der Waals surface area contributed by atoms with Crippen molar-refractivity contribution >= 4 is 22.9 Å². The van der Waals surface area contributed by atoms with Crippen LogP contribution in [-0.2, 0) is 0 Å². The molecule has 2 aliphatic rings. The molecule has 2 rings (SSSR count).